The fourth-order valence-corrected chi connectivity index (χ4v) is 4.49. The van der Waals surface area contributed by atoms with Gasteiger partial charge in [-0.2, -0.15) is 0 Å². The normalized spacial score (nSPS) is 27.7. The number of hydrogen-bond donors (Lipinski definition) is 1. The second kappa shape index (κ2) is 8.74. The number of phenolic OH excluding ortho intramolecular Hbond substituents is 1. The fourth-order valence-electron chi connectivity index (χ4n) is 4.49. The topological polar surface area (TPSA) is 20.2 Å². The molecule has 132 valence electrons. The zero-order valence-corrected chi connectivity index (χ0v) is 15.3. The van der Waals surface area contributed by atoms with Gasteiger partial charge in [-0.3, -0.25) is 0 Å². The molecule has 1 N–H and O–H groups in total. The van der Waals surface area contributed by atoms with E-state index in [2.05, 4.69) is 13.0 Å². The molecule has 1 unspecified atom stereocenters. The van der Waals surface area contributed by atoms with Crippen LogP contribution in [0.25, 0.3) is 0 Å². The number of benzene rings is 1. The van der Waals surface area contributed by atoms with Gasteiger partial charge in [0.15, 0.2) is 0 Å². The van der Waals surface area contributed by atoms with Crippen LogP contribution in [0.4, 0.5) is 0 Å². The molecule has 0 spiro atoms. The lowest BCUT2D eigenvalue weighted by atomic mass is 9.78. The number of rotatable bonds is 6. The van der Waals surface area contributed by atoms with Gasteiger partial charge in [0.1, 0.15) is 5.75 Å². The van der Waals surface area contributed by atoms with Gasteiger partial charge in [-0.15, -0.1) is 0 Å². The summed E-state index contributed by atoms with van der Waals surface area (Å²) in [6, 6.07) is 7.69. The Morgan fingerprint density at radius 1 is 0.875 bits per heavy atom. The zero-order valence-electron chi connectivity index (χ0n) is 15.3. The van der Waals surface area contributed by atoms with Crippen LogP contribution < -0.4 is 0 Å². The minimum atomic E-state index is 0.367. The van der Waals surface area contributed by atoms with Gasteiger partial charge < -0.3 is 5.11 Å². The molecule has 2 aliphatic rings. The molecule has 1 nitrogen and oxygen atoms in total. The molecule has 0 aliphatic heterocycles. The van der Waals surface area contributed by atoms with Gasteiger partial charge in [0.25, 0.3) is 0 Å². The Kier molecular flexibility index (Phi) is 6.40. The van der Waals surface area contributed by atoms with Gasteiger partial charge in [-0.05, 0) is 74.0 Å². The van der Waals surface area contributed by atoms with Crippen molar-refractivity contribution in [1.29, 1.82) is 0 Å². The molecule has 1 heteroatoms. The molecule has 0 bridgehead atoms. The predicted molar refractivity (Wildman–Crippen MR) is 102 cm³/mol. The minimum Gasteiger partial charge on any atom is -0.508 e. The summed E-state index contributed by atoms with van der Waals surface area (Å²) in [4.78, 5) is 0. The van der Waals surface area contributed by atoms with E-state index < -0.39 is 0 Å². The maximum Gasteiger partial charge on any atom is 0.115 e. The summed E-state index contributed by atoms with van der Waals surface area (Å²) in [5.74, 6) is 3.32. The molecule has 0 heterocycles. The van der Waals surface area contributed by atoms with Crippen molar-refractivity contribution < 1.29 is 5.11 Å². The summed E-state index contributed by atoms with van der Waals surface area (Å²) in [6.07, 6.45) is 17.7. The number of aryl methyl sites for hydroxylation is 1. The average Bonchev–Trinajstić information content (AvgIpc) is 2.62. The Bertz CT molecular complexity index is 519. The Hall–Kier alpha value is -1.24. The third-order valence-electron chi connectivity index (χ3n) is 6.40. The highest BCUT2D eigenvalue weighted by Crippen LogP contribution is 2.35. The van der Waals surface area contributed by atoms with Crippen LogP contribution in [-0.2, 0) is 6.42 Å². The lowest BCUT2D eigenvalue weighted by Crippen LogP contribution is -2.14. The van der Waals surface area contributed by atoms with Gasteiger partial charge in [-0.1, -0.05) is 62.8 Å². The van der Waals surface area contributed by atoms with Crippen molar-refractivity contribution in [2.45, 2.75) is 77.6 Å². The summed E-state index contributed by atoms with van der Waals surface area (Å²) in [7, 11) is 0. The highest BCUT2D eigenvalue weighted by atomic mass is 16.3. The lowest BCUT2D eigenvalue weighted by molar-refractivity contribution is 0.256. The van der Waals surface area contributed by atoms with Crippen molar-refractivity contribution in [3.63, 3.8) is 0 Å². The van der Waals surface area contributed by atoms with E-state index in [4.69, 9.17) is 0 Å². The van der Waals surface area contributed by atoms with Gasteiger partial charge >= 0.3 is 0 Å². The number of allylic oxidation sites excluding steroid dienone is 2. The van der Waals surface area contributed by atoms with E-state index in [1.54, 1.807) is 17.7 Å². The fraction of sp³-hybridized carbons (Fsp3) is 0.652. The molecule has 1 fully saturated rings. The second-order valence-electron chi connectivity index (χ2n) is 8.37. The van der Waals surface area contributed by atoms with Crippen molar-refractivity contribution in [1.82, 2.24) is 0 Å². The van der Waals surface area contributed by atoms with Gasteiger partial charge in [0.2, 0.25) is 0 Å². The molecule has 2 aliphatic carbocycles. The molecule has 0 radical (unpaired) electrons. The first kappa shape index (κ1) is 17.6. The van der Waals surface area contributed by atoms with Gasteiger partial charge in [0, 0.05) is 0 Å². The molecule has 0 saturated heterocycles. The maximum absolute atomic E-state index is 9.35. The maximum atomic E-state index is 9.35. The quantitative estimate of drug-likeness (QED) is 0.580. The van der Waals surface area contributed by atoms with Crippen LogP contribution in [-0.4, -0.2) is 5.11 Å². The van der Waals surface area contributed by atoms with E-state index in [1.165, 1.54) is 69.8 Å². The highest BCUT2D eigenvalue weighted by molar-refractivity contribution is 5.26. The van der Waals surface area contributed by atoms with Crippen LogP contribution in [0.1, 0.15) is 76.7 Å². The molecule has 1 saturated carbocycles. The third kappa shape index (κ3) is 5.40. The van der Waals surface area contributed by atoms with E-state index in [9.17, 15) is 5.11 Å². The molecule has 0 aromatic heterocycles. The Labute approximate surface area is 148 Å². The van der Waals surface area contributed by atoms with Crippen LogP contribution in [0.15, 0.2) is 35.9 Å². The SMILES string of the molecule is CC1CCC(CCC2CC=C(CCc3ccc(O)cc3)CC2)CC1. The molecule has 1 aromatic rings. The van der Waals surface area contributed by atoms with Crippen LogP contribution in [0, 0.1) is 17.8 Å². The Balaban J connectivity index is 1.35. The monoisotopic (exact) mass is 326 g/mol. The molecule has 24 heavy (non-hydrogen) atoms. The second-order valence-corrected chi connectivity index (χ2v) is 8.37. The summed E-state index contributed by atoms with van der Waals surface area (Å²) in [6.45, 7) is 2.42. The Morgan fingerprint density at radius 3 is 2.25 bits per heavy atom. The zero-order chi connectivity index (χ0) is 16.8. The molecule has 0 amide bonds. The summed E-state index contributed by atoms with van der Waals surface area (Å²) < 4.78 is 0. The van der Waals surface area contributed by atoms with Crippen LogP contribution in [0.2, 0.25) is 0 Å². The first-order chi connectivity index (χ1) is 11.7. The van der Waals surface area contributed by atoms with E-state index in [0.29, 0.717) is 5.75 Å². The van der Waals surface area contributed by atoms with Gasteiger partial charge in [-0.25, -0.2) is 0 Å². The number of aromatic hydroxyl groups is 1. The van der Waals surface area contributed by atoms with Crippen molar-refractivity contribution >= 4 is 0 Å². The van der Waals surface area contributed by atoms with Crippen LogP contribution >= 0.6 is 0 Å². The van der Waals surface area contributed by atoms with E-state index in [1.807, 2.05) is 12.1 Å². The minimum absolute atomic E-state index is 0.367. The van der Waals surface area contributed by atoms with E-state index in [0.717, 1.165) is 24.2 Å². The summed E-state index contributed by atoms with van der Waals surface area (Å²) in [5, 5.41) is 9.35. The third-order valence-corrected chi connectivity index (χ3v) is 6.40. The standard InChI is InChI=1S/C23H34O/c1-18-2-4-19(5-3-18)6-7-20-8-10-21(11-9-20)12-13-22-14-16-23(24)17-15-22/h10,14-20,24H,2-9,11-13H2,1H3. The van der Waals surface area contributed by atoms with Crippen molar-refractivity contribution in [3.05, 3.63) is 41.5 Å². The smallest absolute Gasteiger partial charge is 0.115 e. The van der Waals surface area contributed by atoms with Crippen molar-refractivity contribution in [3.8, 4) is 5.75 Å². The molecule has 1 atom stereocenters. The Morgan fingerprint density at radius 2 is 1.58 bits per heavy atom. The van der Waals surface area contributed by atoms with Crippen molar-refractivity contribution in [2.24, 2.45) is 17.8 Å². The predicted octanol–water partition coefficient (Wildman–Crippen LogP) is 6.66. The number of hydrogen-bond acceptors (Lipinski definition) is 1. The molecular weight excluding hydrogens is 292 g/mol. The van der Waals surface area contributed by atoms with Crippen molar-refractivity contribution in [2.75, 3.05) is 0 Å². The van der Waals surface area contributed by atoms with Crippen LogP contribution in [0.3, 0.4) is 0 Å². The molecule has 1 aromatic carbocycles. The first-order valence-electron chi connectivity index (χ1n) is 10.1. The van der Waals surface area contributed by atoms with Crippen LogP contribution in [0.5, 0.6) is 5.75 Å². The first-order valence-corrected chi connectivity index (χ1v) is 10.1. The van der Waals surface area contributed by atoms with E-state index in [-0.39, 0.29) is 0 Å². The summed E-state index contributed by atoms with van der Waals surface area (Å²) in [5.41, 5.74) is 2.99. The van der Waals surface area contributed by atoms with Gasteiger partial charge in [0.05, 0.1) is 0 Å². The van der Waals surface area contributed by atoms with E-state index >= 15 is 0 Å². The average molecular weight is 327 g/mol. The lowest BCUT2D eigenvalue weighted by Gasteiger charge is -2.28. The molecule has 3 rings (SSSR count). The highest BCUT2D eigenvalue weighted by Gasteiger charge is 2.20. The largest absolute Gasteiger partial charge is 0.508 e. The molecular formula is C23H34O. The summed E-state index contributed by atoms with van der Waals surface area (Å²) >= 11 is 0. The number of phenols is 1.